The molecule has 0 heterocycles. The van der Waals surface area contributed by atoms with Gasteiger partial charge in [-0.25, -0.2) is 0 Å². The van der Waals surface area contributed by atoms with Gasteiger partial charge in [-0.05, 0) is 49.5 Å². The molecule has 0 fully saturated rings. The molecule has 1 rings (SSSR count). The zero-order chi connectivity index (χ0) is 17.1. The first-order valence-electron chi connectivity index (χ1n) is 8.28. The Labute approximate surface area is 141 Å². The van der Waals surface area contributed by atoms with Crippen LogP contribution in [-0.2, 0) is 14.2 Å². The molecule has 0 radical (unpaired) electrons. The van der Waals surface area contributed by atoms with Gasteiger partial charge in [0.05, 0.1) is 31.8 Å². The fraction of sp³-hybridized carbons (Fsp3) is 0.500. The number of allylic oxidation sites excluding steroid dienone is 2. The molecule has 1 unspecified atom stereocenters. The van der Waals surface area contributed by atoms with E-state index in [0.29, 0.717) is 6.61 Å². The SMILES string of the molecule is CCCOC=C(C)c1ccc(C(C)=COCCC(C)OC)cc1. The van der Waals surface area contributed by atoms with Gasteiger partial charge in [0.25, 0.3) is 0 Å². The van der Waals surface area contributed by atoms with Gasteiger partial charge in [-0.1, -0.05) is 31.2 Å². The van der Waals surface area contributed by atoms with Crippen molar-refractivity contribution < 1.29 is 14.2 Å². The molecule has 1 atom stereocenters. The third-order valence-electron chi connectivity index (χ3n) is 3.68. The molecule has 0 aliphatic heterocycles. The monoisotopic (exact) mass is 318 g/mol. The molecule has 23 heavy (non-hydrogen) atoms. The summed E-state index contributed by atoms with van der Waals surface area (Å²) in [5.41, 5.74) is 4.59. The number of hydrogen-bond acceptors (Lipinski definition) is 3. The zero-order valence-electron chi connectivity index (χ0n) is 15.1. The van der Waals surface area contributed by atoms with E-state index in [4.69, 9.17) is 14.2 Å². The van der Waals surface area contributed by atoms with E-state index in [9.17, 15) is 0 Å². The third-order valence-corrected chi connectivity index (χ3v) is 3.68. The van der Waals surface area contributed by atoms with Crippen LogP contribution in [0, 0.1) is 0 Å². The van der Waals surface area contributed by atoms with Gasteiger partial charge in [-0.2, -0.15) is 0 Å². The lowest BCUT2D eigenvalue weighted by Crippen LogP contribution is -2.07. The van der Waals surface area contributed by atoms with Crippen LogP contribution in [0.15, 0.2) is 36.8 Å². The Morgan fingerprint density at radius 1 is 0.957 bits per heavy atom. The van der Waals surface area contributed by atoms with Gasteiger partial charge in [0.1, 0.15) is 0 Å². The molecule has 3 heteroatoms. The normalized spacial score (nSPS) is 13.8. The van der Waals surface area contributed by atoms with Gasteiger partial charge in [0.2, 0.25) is 0 Å². The highest BCUT2D eigenvalue weighted by Crippen LogP contribution is 2.19. The predicted molar refractivity (Wildman–Crippen MR) is 97.0 cm³/mol. The number of methoxy groups -OCH3 is 1. The van der Waals surface area contributed by atoms with Crippen molar-refractivity contribution in [2.24, 2.45) is 0 Å². The van der Waals surface area contributed by atoms with Crippen molar-refractivity contribution in [3.63, 3.8) is 0 Å². The van der Waals surface area contributed by atoms with Crippen molar-refractivity contribution in [3.8, 4) is 0 Å². The molecular weight excluding hydrogens is 288 g/mol. The Balaban J connectivity index is 2.56. The summed E-state index contributed by atoms with van der Waals surface area (Å²) in [6, 6.07) is 8.44. The van der Waals surface area contributed by atoms with E-state index in [1.807, 2.05) is 19.4 Å². The summed E-state index contributed by atoms with van der Waals surface area (Å²) in [4.78, 5) is 0. The molecule has 0 spiro atoms. The van der Waals surface area contributed by atoms with Crippen LogP contribution in [0.3, 0.4) is 0 Å². The van der Waals surface area contributed by atoms with Crippen molar-refractivity contribution in [2.45, 2.75) is 46.6 Å². The second-order valence-corrected chi connectivity index (χ2v) is 5.76. The molecule has 128 valence electrons. The Bertz CT molecular complexity index is 500. The molecule has 0 bridgehead atoms. The average molecular weight is 318 g/mol. The van der Waals surface area contributed by atoms with E-state index in [1.54, 1.807) is 7.11 Å². The second kappa shape index (κ2) is 10.9. The second-order valence-electron chi connectivity index (χ2n) is 5.76. The van der Waals surface area contributed by atoms with E-state index in [-0.39, 0.29) is 6.10 Å². The first kappa shape index (κ1) is 19.3. The maximum Gasteiger partial charge on any atom is 0.0898 e. The molecular formula is C20H30O3. The van der Waals surface area contributed by atoms with Gasteiger partial charge in [0.15, 0.2) is 0 Å². The van der Waals surface area contributed by atoms with Crippen LogP contribution in [-0.4, -0.2) is 26.4 Å². The molecule has 0 aliphatic rings. The fourth-order valence-corrected chi connectivity index (χ4v) is 1.97. The van der Waals surface area contributed by atoms with Crippen LogP contribution in [0.25, 0.3) is 11.1 Å². The van der Waals surface area contributed by atoms with E-state index < -0.39 is 0 Å². The van der Waals surface area contributed by atoms with Crippen LogP contribution in [0.1, 0.15) is 51.7 Å². The fourth-order valence-electron chi connectivity index (χ4n) is 1.97. The Morgan fingerprint density at radius 2 is 1.43 bits per heavy atom. The number of ether oxygens (including phenoxy) is 3. The maximum atomic E-state index is 5.59. The molecule has 0 amide bonds. The third kappa shape index (κ3) is 7.38. The zero-order valence-corrected chi connectivity index (χ0v) is 15.1. The van der Waals surface area contributed by atoms with E-state index in [1.165, 1.54) is 5.56 Å². The van der Waals surface area contributed by atoms with Gasteiger partial charge in [-0.15, -0.1) is 0 Å². The number of benzene rings is 1. The first-order valence-corrected chi connectivity index (χ1v) is 8.28. The first-order chi connectivity index (χ1) is 11.1. The van der Waals surface area contributed by atoms with Gasteiger partial charge in [0, 0.05) is 13.5 Å². The molecule has 0 N–H and O–H groups in total. The van der Waals surface area contributed by atoms with E-state index in [0.717, 1.165) is 36.2 Å². The van der Waals surface area contributed by atoms with Crippen molar-refractivity contribution >= 4 is 11.1 Å². The molecule has 0 aromatic heterocycles. The standard InChI is InChI=1S/C20H30O3/c1-6-12-22-14-16(2)19-7-9-20(10-8-19)17(3)15-23-13-11-18(4)21-5/h7-10,14-15,18H,6,11-13H2,1-5H3. The summed E-state index contributed by atoms with van der Waals surface area (Å²) >= 11 is 0. The summed E-state index contributed by atoms with van der Waals surface area (Å²) in [5.74, 6) is 0. The highest BCUT2D eigenvalue weighted by molar-refractivity contribution is 5.68. The molecule has 1 aromatic carbocycles. The number of rotatable bonds is 10. The Morgan fingerprint density at radius 3 is 1.87 bits per heavy atom. The van der Waals surface area contributed by atoms with E-state index in [2.05, 4.69) is 45.0 Å². The summed E-state index contributed by atoms with van der Waals surface area (Å²) < 4.78 is 16.3. The van der Waals surface area contributed by atoms with Gasteiger partial charge < -0.3 is 14.2 Å². The lowest BCUT2D eigenvalue weighted by Gasteiger charge is -2.09. The number of hydrogen-bond donors (Lipinski definition) is 0. The molecule has 1 aromatic rings. The van der Waals surface area contributed by atoms with Crippen LogP contribution < -0.4 is 0 Å². The largest absolute Gasteiger partial charge is 0.501 e. The smallest absolute Gasteiger partial charge is 0.0898 e. The van der Waals surface area contributed by atoms with Crippen molar-refractivity contribution in [3.05, 3.63) is 47.9 Å². The summed E-state index contributed by atoms with van der Waals surface area (Å²) in [7, 11) is 1.72. The molecule has 0 saturated carbocycles. The Hall–Kier alpha value is -1.74. The van der Waals surface area contributed by atoms with Crippen molar-refractivity contribution in [2.75, 3.05) is 20.3 Å². The van der Waals surface area contributed by atoms with Crippen LogP contribution in [0.5, 0.6) is 0 Å². The van der Waals surface area contributed by atoms with Gasteiger partial charge in [-0.3, -0.25) is 0 Å². The van der Waals surface area contributed by atoms with Crippen molar-refractivity contribution in [1.29, 1.82) is 0 Å². The molecule has 0 aliphatic carbocycles. The summed E-state index contributed by atoms with van der Waals surface area (Å²) in [5, 5.41) is 0. The van der Waals surface area contributed by atoms with Crippen LogP contribution in [0.4, 0.5) is 0 Å². The van der Waals surface area contributed by atoms with Crippen LogP contribution >= 0.6 is 0 Å². The summed E-state index contributed by atoms with van der Waals surface area (Å²) in [6.45, 7) is 9.69. The Kier molecular flexibility index (Phi) is 9.15. The predicted octanol–water partition coefficient (Wildman–Crippen LogP) is 5.28. The quantitative estimate of drug-likeness (QED) is 0.434. The summed E-state index contributed by atoms with van der Waals surface area (Å²) in [6.07, 6.45) is 5.80. The maximum absolute atomic E-state index is 5.59. The van der Waals surface area contributed by atoms with E-state index >= 15 is 0 Å². The molecule has 0 saturated heterocycles. The minimum absolute atomic E-state index is 0.229. The van der Waals surface area contributed by atoms with Crippen LogP contribution in [0.2, 0.25) is 0 Å². The highest BCUT2D eigenvalue weighted by atomic mass is 16.5. The van der Waals surface area contributed by atoms with Gasteiger partial charge >= 0.3 is 0 Å². The minimum atomic E-state index is 0.229. The lowest BCUT2D eigenvalue weighted by atomic mass is 10.0. The lowest BCUT2D eigenvalue weighted by molar-refractivity contribution is 0.0877. The average Bonchev–Trinajstić information content (AvgIpc) is 2.58. The highest BCUT2D eigenvalue weighted by Gasteiger charge is 2.01. The van der Waals surface area contributed by atoms with Crippen molar-refractivity contribution in [1.82, 2.24) is 0 Å². The topological polar surface area (TPSA) is 27.7 Å². The molecule has 3 nitrogen and oxygen atoms in total. The minimum Gasteiger partial charge on any atom is -0.501 e.